The normalized spacial score (nSPS) is 18.0. The van der Waals surface area contributed by atoms with Gasteiger partial charge in [0.15, 0.2) is 9.84 Å². The lowest BCUT2D eigenvalue weighted by Gasteiger charge is -2.27. The minimum Gasteiger partial charge on any atom is -0.497 e. The van der Waals surface area contributed by atoms with E-state index in [0.29, 0.717) is 18.5 Å². The molecule has 1 heterocycles. The Balaban J connectivity index is 1.90. The Kier molecular flexibility index (Phi) is 5.65. The predicted octanol–water partition coefficient (Wildman–Crippen LogP) is 3.18. The highest BCUT2D eigenvalue weighted by atomic mass is 32.2. The van der Waals surface area contributed by atoms with Gasteiger partial charge in [-0.05, 0) is 41.8 Å². The molecule has 1 aliphatic heterocycles. The number of benzene rings is 2. The van der Waals surface area contributed by atoms with Crippen LogP contribution in [0.5, 0.6) is 5.75 Å². The number of methoxy groups -OCH3 is 1. The van der Waals surface area contributed by atoms with Crippen LogP contribution in [0.15, 0.2) is 61.2 Å². The highest BCUT2D eigenvalue weighted by molar-refractivity contribution is 7.91. The molecule has 1 amide bonds. The third kappa shape index (κ3) is 4.39. The van der Waals surface area contributed by atoms with E-state index in [-0.39, 0.29) is 23.5 Å². The SMILES string of the molecule is C=CCN(C(=O)c1cccc(-c2cccc(OC)c2)c1)C1CCS(=O)(=O)C1. The van der Waals surface area contributed by atoms with Crippen molar-refractivity contribution in [3.05, 3.63) is 66.7 Å². The standard InChI is InChI=1S/C21H23NO4S/c1-3-11-22(19-10-12-27(24,25)15-19)21(23)18-8-4-6-16(13-18)17-7-5-9-20(14-17)26-2/h3-9,13-14,19H,1,10-12,15H2,2H3. The van der Waals surface area contributed by atoms with Gasteiger partial charge in [-0.15, -0.1) is 6.58 Å². The van der Waals surface area contributed by atoms with Crippen LogP contribution >= 0.6 is 0 Å². The van der Waals surface area contributed by atoms with E-state index in [1.165, 1.54) is 0 Å². The van der Waals surface area contributed by atoms with Crippen LogP contribution in [0.2, 0.25) is 0 Å². The second kappa shape index (κ2) is 7.96. The maximum atomic E-state index is 13.1. The minimum atomic E-state index is -3.08. The summed E-state index contributed by atoms with van der Waals surface area (Å²) in [7, 11) is -1.46. The van der Waals surface area contributed by atoms with Crippen molar-refractivity contribution in [2.24, 2.45) is 0 Å². The molecule has 1 aliphatic rings. The van der Waals surface area contributed by atoms with Crippen molar-refractivity contribution in [2.45, 2.75) is 12.5 Å². The lowest BCUT2D eigenvalue weighted by molar-refractivity contribution is 0.0720. The van der Waals surface area contributed by atoms with Crippen molar-refractivity contribution in [1.29, 1.82) is 0 Å². The lowest BCUT2D eigenvalue weighted by atomic mass is 10.0. The summed E-state index contributed by atoms with van der Waals surface area (Å²) in [6.07, 6.45) is 2.10. The van der Waals surface area contributed by atoms with Crippen LogP contribution in [-0.4, -0.2) is 50.4 Å². The van der Waals surface area contributed by atoms with Crippen molar-refractivity contribution < 1.29 is 17.9 Å². The van der Waals surface area contributed by atoms with Crippen LogP contribution in [-0.2, 0) is 9.84 Å². The van der Waals surface area contributed by atoms with Crippen LogP contribution in [0.25, 0.3) is 11.1 Å². The van der Waals surface area contributed by atoms with Crippen molar-refractivity contribution in [1.82, 2.24) is 4.90 Å². The van der Waals surface area contributed by atoms with E-state index < -0.39 is 9.84 Å². The van der Waals surface area contributed by atoms with E-state index in [2.05, 4.69) is 6.58 Å². The molecule has 2 aromatic rings. The predicted molar refractivity (Wildman–Crippen MR) is 107 cm³/mol. The Hall–Kier alpha value is -2.60. The maximum Gasteiger partial charge on any atom is 0.254 e. The molecule has 27 heavy (non-hydrogen) atoms. The second-order valence-electron chi connectivity index (χ2n) is 6.62. The van der Waals surface area contributed by atoms with Gasteiger partial charge in [-0.1, -0.05) is 30.3 Å². The van der Waals surface area contributed by atoms with Gasteiger partial charge in [0.25, 0.3) is 5.91 Å². The topological polar surface area (TPSA) is 63.7 Å². The molecule has 0 bridgehead atoms. The fourth-order valence-electron chi connectivity index (χ4n) is 3.36. The van der Waals surface area contributed by atoms with Crippen molar-refractivity contribution in [2.75, 3.05) is 25.2 Å². The quantitative estimate of drug-likeness (QED) is 0.717. The smallest absolute Gasteiger partial charge is 0.254 e. The van der Waals surface area contributed by atoms with E-state index in [0.717, 1.165) is 16.9 Å². The number of amides is 1. The van der Waals surface area contributed by atoms with E-state index >= 15 is 0 Å². The number of sulfone groups is 1. The molecule has 0 aromatic heterocycles. The number of hydrogen-bond acceptors (Lipinski definition) is 4. The zero-order valence-corrected chi connectivity index (χ0v) is 16.1. The van der Waals surface area contributed by atoms with Crippen LogP contribution in [0.4, 0.5) is 0 Å². The second-order valence-corrected chi connectivity index (χ2v) is 8.84. The maximum absolute atomic E-state index is 13.1. The average molecular weight is 385 g/mol. The third-order valence-corrected chi connectivity index (χ3v) is 6.50. The monoisotopic (exact) mass is 385 g/mol. The number of carbonyl (C=O) groups is 1. The number of rotatable bonds is 6. The Morgan fingerprint density at radius 2 is 1.93 bits per heavy atom. The molecular formula is C21H23NO4S. The van der Waals surface area contributed by atoms with E-state index in [1.807, 2.05) is 42.5 Å². The van der Waals surface area contributed by atoms with Crippen LogP contribution in [0, 0.1) is 0 Å². The molecule has 0 spiro atoms. The lowest BCUT2D eigenvalue weighted by Crippen LogP contribution is -2.41. The van der Waals surface area contributed by atoms with Gasteiger partial charge in [0.1, 0.15) is 5.75 Å². The van der Waals surface area contributed by atoms with Gasteiger partial charge in [-0.3, -0.25) is 4.79 Å². The molecule has 0 saturated carbocycles. The molecule has 0 radical (unpaired) electrons. The summed E-state index contributed by atoms with van der Waals surface area (Å²) in [4.78, 5) is 14.7. The Labute approximate surface area is 160 Å². The van der Waals surface area contributed by atoms with Gasteiger partial charge >= 0.3 is 0 Å². The average Bonchev–Trinajstić information content (AvgIpc) is 3.05. The summed E-state index contributed by atoms with van der Waals surface area (Å²) < 4.78 is 28.9. The summed E-state index contributed by atoms with van der Waals surface area (Å²) in [6.45, 7) is 4.03. The largest absolute Gasteiger partial charge is 0.497 e. The molecule has 5 nitrogen and oxygen atoms in total. The van der Waals surface area contributed by atoms with Gasteiger partial charge in [0.05, 0.1) is 18.6 Å². The number of carbonyl (C=O) groups excluding carboxylic acids is 1. The van der Waals surface area contributed by atoms with Gasteiger partial charge in [0, 0.05) is 18.2 Å². The molecule has 142 valence electrons. The Morgan fingerprint density at radius 3 is 2.56 bits per heavy atom. The molecule has 0 N–H and O–H groups in total. The number of hydrogen-bond donors (Lipinski definition) is 0. The van der Waals surface area contributed by atoms with E-state index in [4.69, 9.17) is 4.74 Å². The van der Waals surface area contributed by atoms with Crippen molar-refractivity contribution >= 4 is 15.7 Å². The molecule has 6 heteroatoms. The number of nitrogens with zero attached hydrogens (tertiary/aromatic N) is 1. The van der Waals surface area contributed by atoms with Crippen LogP contribution in [0.1, 0.15) is 16.8 Å². The first-order chi connectivity index (χ1) is 12.9. The van der Waals surface area contributed by atoms with Crippen LogP contribution in [0.3, 0.4) is 0 Å². The Bertz CT molecular complexity index is 952. The molecule has 1 atom stereocenters. The zero-order chi connectivity index (χ0) is 19.4. The summed E-state index contributed by atoms with van der Waals surface area (Å²) in [5.41, 5.74) is 2.38. The van der Waals surface area contributed by atoms with Crippen LogP contribution < -0.4 is 4.74 Å². The highest BCUT2D eigenvalue weighted by Gasteiger charge is 2.34. The van der Waals surface area contributed by atoms with Gasteiger partial charge in [-0.2, -0.15) is 0 Å². The molecule has 0 aliphatic carbocycles. The first-order valence-electron chi connectivity index (χ1n) is 8.80. The Morgan fingerprint density at radius 1 is 1.22 bits per heavy atom. The molecular weight excluding hydrogens is 362 g/mol. The molecule has 1 unspecified atom stereocenters. The molecule has 3 rings (SSSR count). The van der Waals surface area contributed by atoms with E-state index in [1.54, 1.807) is 24.2 Å². The highest BCUT2D eigenvalue weighted by Crippen LogP contribution is 2.26. The van der Waals surface area contributed by atoms with Gasteiger partial charge in [0.2, 0.25) is 0 Å². The zero-order valence-electron chi connectivity index (χ0n) is 15.3. The molecule has 2 aromatic carbocycles. The van der Waals surface area contributed by atoms with E-state index in [9.17, 15) is 13.2 Å². The first-order valence-corrected chi connectivity index (χ1v) is 10.6. The van der Waals surface area contributed by atoms with Gasteiger partial charge in [-0.25, -0.2) is 8.42 Å². The van der Waals surface area contributed by atoms with Crippen molar-refractivity contribution in [3.63, 3.8) is 0 Å². The summed E-state index contributed by atoms with van der Waals surface area (Å²) in [6, 6.07) is 14.7. The van der Waals surface area contributed by atoms with Gasteiger partial charge < -0.3 is 9.64 Å². The first kappa shape index (κ1) is 19.2. The third-order valence-electron chi connectivity index (χ3n) is 4.75. The molecule has 1 saturated heterocycles. The summed E-state index contributed by atoms with van der Waals surface area (Å²) in [5.74, 6) is 0.709. The summed E-state index contributed by atoms with van der Waals surface area (Å²) >= 11 is 0. The number of ether oxygens (including phenoxy) is 1. The van der Waals surface area contributed by atoms with Crippen molar-refractivity contribution in [3.8, 4) is 16.9 Å². The fraction of sp³-hybridized carbons (Fsp3) is 0.286. The molecule has 1 fully saturated rings. The minimum absolute atomic E-state index is 0.0160. The fourth-order valence-corrected chi connectivity index (χ4v) is 5.09. The summed E-state index contributed by atoms with van der Waals surface area (Å²) in [5, 5.41) is 0.